The summed E-state index contributed by atoms with van der Waals surface area (Å²) in [5.74, 6) is 1.31. The molecular weight excluding hydrogens is 588 g/mol. The van der Waals surface area contributed by atoms with E-state index in [1.165, 1.54) is 29.3 Å². The molecule has 2 amide bonds. The van der Waals surface area contributed by atoms with Gasteiger partial charge < -0.3 is 25.2 Å². The van der Waals surface area contributed by atoms with Gasteiger partial charge >= 0.3 is 0 Å². The highest BCUT2D eigenvalue weighted by molar-refractivity contribution is 5.95. The van der Waals surface area contributed by atoms with Crippen LogP contribution in [0, 0.1) is 18.8 Å². The zero-order chi connectivity index (χ0) is 32.2. The molecule has 3 N–H and O–H groups in total. The van der Waals surface area contributed by atoms with Crippen molar-refractivity contribution in [2.24, 2.45) is 17.6 Å². The summed E-state index contributed by atoms with van der Waals surface area (Å²) in [4.78, 5) is 30.7. The Balaban J connectivity index is 1.10. The Morgan fingerprint density at radius 2 is 1.79 bits per heavy atom. The lowest BCUT2D eigenvalue weighted by atomic mass is 9.84. The van der Waals surface area contributed by atoms with Crippen molar-refractivity contribution in [2.45, 2.75) is 95.7 Å². The fraction of sp³-hybridized carbons (Fsp3) is 0.553. The summed E-state index contributed by atoms with van der Waals surface area (Å²) in [6.07, 6.45) is 11.2. The van der Waals surface area contributed by atoms with E-state index in [-0.39, 0.29) is 29.9 Å². The van der Waals surface area contributed by atoms with E-state index in [9.17, 15) is 14.7 Å². The minimum atomic E-state index is -0.332. The number of nitrogens with zero attached hydrogens (tertiary/aromatic N) is 5. The third kappa shape index (κ3) is 5.86. The Bertz CT molecular complexity index is 1810. The second kappa shape index (κ2) is 12.4. The number of hydrogen-bond donors (Lipinski definition) is 2. The number of aromatic nitrogens is 3. The summed E-state index contributed by atoms with van der Waals surface area (Å²) in [5, 5.41) is 16.5. The molecule has 0 bridgehead atoms. The van der Waals surface area contributed by atoms with Gasteiger partial charge in [0.2, 0.25) is 5.91 Å². The normalized spacial score (nSPS) is 24.4. The van der Waals surface area contributed by atoms with Gasteiger partial charge in [0.1, 0.15) is 5.69 Å². The molecule has 4 aromatic rings. The van der Waals surface area contributed by atoms with E-state index in [4.69, 9.17) is 10.8 Å². The van der Waals surface area contributed by atoms with Crippen molar-refractivity contribution >= 4 is 28.2 Å². The van der Waals surface area contributed by atoms with Gasteiger partial charge in [0, 0.05) is 61.8 Å². The number of likely N-dealkylation sites (tertiary alicyclic amines) is 2. The fourth-order valence-electron chi connectivity index (χ4n) is 8.60. The van der Waals surface area contributed by atoms with Crippen LogP contribution in [0.4, 0.5) is 0 Å². The largest absolute Gasteiger partial charge is 0.393 e. The molecule has 0 radical (unpaired) electrons. The van der Waals surface area contributed by atoms with Gasteiger partial charge in [0.25, 0.3) is 5.91 Å². The molecule has 4 aliphatic rings. The molecule has 9 heteroatoms. The van der Waals surface area contributed by atoms with Crippen LogP contribution in [0.5, 0.6) is 0 Å². The quantitative estimate of drug-likeness (QED) is 0.291. The minimum absolute atomic E-state index is 0.0216. The number of fused-ring (bicyclic) bond motifs is 2. The average Bonchev–Trinajstić information content (AvgIpc) is 3.76. The Labute approximate surface area is 276 Å². The maximum Gasteiger partial charge on any atom is 0.255 e. The number of nitrogens with two attached hydrogens (primary N) is 1. The minimum Gasteiger partial charge on any atom is -0.393 e. The molecule has 1 aromatic carbocycles. The van der Waals surface area contributed by atoms with Crippen LogP contribution in [0.1, 0.15) is 91.6 Å². The number of aliphatic hydroxyl groups is 1. The van der Waals surface area contributed by atoms with Crippen molar-refractivity contribution < 1.29 is 14.7 Å². The average molecular weight is 637 g/mol. The summed E-state index contributed by atoms with van der Waals surface area (Å²) in [7, 11) is 0. The predicted octanol–water partition coefficient (Wildman–Crippen LogP) is 5.49. The van der Waals surface area contributed by atoms with Crippen molar-refractivity contribution in [3.8, 4) is 11.4 Å². The van der Waals surface area contributed by atoms with E-state index in [1.54, 1.807) is 0 Å². The number of pyridine rings is 1. The van der Waals surface area contributed by atoms with Crippen LogP contribution in [-0.2, 0) is 11.3 Å². The number of carbonyl (C=O) groups excluding carboxylic acids is 2. The van der Waals surface area contributed by atoms with Crippen LogP contribution >= 0.6 is 0 Å². The first-order chi connectivity index (χ1) is 22.8. The van der Waals surface area contributed by atoms with Gasteiger partial charge in [-0.05, 0) is 100 Å². The van der Waals surface area contributed by atoms with Crippen LogP contribution in [0.3, 0.4) is 0 Å². The number of carbonyl (C=O) groups is 2. The molecule has 2 aliphatic heterocycles. The second-order valence-electron chi connectivity index (χ2n) is 14.9. The van der Waals surface area contributed by atoms with E-state index < -0.39 is 0 Å². The predicted molar refractivity (Wildman–Crippen MR) is 183 cm³/mol. The molecule has 4 fully saturated rings. The van der Waals surface area contributed by atoms with E-state index in [2.05, 4.69) is 40.7 Å². The highest BCUT2D eigenvalue weighted by atomic mass is 16.3. The number of aryl methyl sites for hydroxylation is 1. The van der Waals surface area contributed by atoms with E-state index in [1.807, 2.05) is 27.7 Å². The van der Waals surface area contributed by atoms with Crippen molar-refractivity contribution in [3.05, 3.63) is 59.3 Å². The van der Waals surface area contributed by atoms with Crippen molar-refractivity contribution in [3.63, 3.8) is 0 Å². The molecule has 0 unspecified atom stereocenters. The van der Waals surface area contributed by atoms with Gasteiger partial charge in [-0.2, -0.15) is 5.10 Å². The van der Waals surface area contributed by atoms with Gasteiger partial charge in [-0.1, -0.05) is 24.6 Å². The Kier molecular flexibility index (Phi) is 8.08. The molecule has 3 atom stereocenters. The monoisotopic (exact) mass is 636 g/mol. The third-order valence-electron chi connectivity index (χ3n) is 11.4. The summed E-state index contributed by atoms with van der Waals surface area (Å²) >= 11 is 0. The molecular formula is C38H48N6O3. The summed E-state index contributed by atoms with van der Waals surface area (Å²) < 4.78 is 4.42. The number of rotatable bonds is 6. The molecule has 3 aromatic heterocycles. The van der Waals surface area contributed by atoms with Crippen molar-refractivity contribution in [2.75, 3.05) is 26.2 Å². The number of benzene rings is 1. The number of hydrogen-bond acceptors (Lipinski definition) is 5. The maximum atomic E-state index is 13.4. The van der Waals surface area contributed by atoms with Gasteiger partial charge in [0.05, 0.1) is 28.4 Å². The Morgan fingerprint density at radius 1 is 0.957 bits per heavy atom. The van der Waals surface area contributed by atoms with Gasteiger partial charge in [0.15, 0.2) is 0 Å². The van der Waals surface area contributed by atoms with Gasteiger partial charge in [-0.25, -0.2) is 4.52 Å². The third-order valence-corrected chi connectivity index (χ3v) is 11.4. The number of para-hydroxylation sites is 1. The van der Waals surface area contributed by atoms with E-state index in [0.717, 1.165) is 93.6 Å². The topological polar surface area (TPSA) is 109 Å². The molecule has 47 heavy (non-hydrogen) atoms. The number of piperidine rings is 2. The molecule has 2 saturated carbocycles. The Morgan fingerprint density at radius 3 is 2.55 bits per heavy atom. The zero-order valence-corrected chi connectivity index (χ0v) is 27.6. The first-order valence-corrected chi connectivity index (χ1v) is 18.0. The van der Waals surface area contributed by atoms with Crippen LogP contribution in [-0.4, -0.2) is 79.2 Å². The lowest BCUT2D eigenvalue weighted by molar-refractivity contribution is -0.139. The highest BCUT2D eigenvalue weighted by Crippen LogP contribution is 2.41. The molecule has 8 rings (SSSR count). The first-order valence-electron chi connectivity index (χ1n) is 18.0. The van der Waals surface area contributed by atoms with E-state index >= 15 is 0 Å². The number of amides is 2. The SMILES string of the molecule is Cc1c(-c2cc3cccc(C4CCN(C(=O)[C@@H]5CCC[C@H](O)C5)CC4)c3n2CC2CC2)nn2cc(C(=O)N3CCC[C@@H](N)C3)ccc12. The molecule has 248 valence electrons. The second-order valence-corrected chi connectivity index (χ2v) is 14.9. The summed E-state index contributed by atoms with van der Waals surface area (Å²) in [5.41, 5.74) is 13.7. The lowest BCUT2D eigenvalue weighted by Gasteiger charge is -2.36. The smallest absolute Gasteiger partial charge is 0.255 e. The van der Waals surface area contributed by atoms with Gasteiger partial charge in [-0.3, -0.25) is 9.59 Å². The lowest BCUT2D eigenvalue weighted by Crippen LogP contribution is -2.45. The summed E-state index contributed by atoms with van der Waals surface area (Å²) in [6, 6.07) is 13.0. The number of aliphatic hydroxyl groups excluding tert-OH is 1. The van der Waals surface area contributed by atoms with Crippen LogP contribution in [0.25, 0.3) is 27.8 Å². The molecule has 5 heterocycles. The van der Waals surface area contributed by atoms with Gasteiger partial charge in [-0.15, -0.1) is 0 Å². The maximum absolute atomic E-state index is 13.4. The fourth-order valence-corrected chi connectivity index (χ4v) is 8.60. The van der Waals surface area contributed by atoms with Crippen molar-refractivity contribution in [1.29, 1.82) is 0 Å². The van der Waals surface area contributed by atoms with Crippen molar-refractivity contribution in [1.82, 2.24) is 24.0 Å². The molecule has 2 aliphatic carbocycles. The molecule has 2 saturated heterocycles. The first kappa shape index (κ1) is 30.6. The molecule has 9 nitrogen and oxygen atoms in total. The Hall–Kier alpha value is -3.69. The molecule has 0 spiro atoms. The zero-order valence-electron chi connectivity index (χ0n) is 27.6. The van der Waals surface area contributed by atoms with Crippen LogP contribution in [0.15, 0.2) is 42.6 Å². The van der Waals surface area contributed by atoms with Crippen LogP contribution in [0.2, 0.25) is 0 Å². The highest BCUT2D eigenvalue weighted by Gasteiger charge is 2.33. The van der Waals surface area contributed by atoms with Crippen LogP contribution < -0.4 is 5.73 Å². The summed E-state index contributed by atoms with van der Waals surface area (Å²) in [6.45, 7) is 6.02. The standard InChI is InChI=1S/C38H48N6O3/c1-24-33-13-12-29(38(47)42-16-4-7-30(39)23-42)22-44(33)40-35(24)34-20-27-5-3-9-32(36(27)43(34)21-25-10-11-25)26-14-17-41(18-15-26)37(46)28-6-2-8-31(45)19-28/h3,5,9,12-13,20,22,25-26,28,30-31,45H,2,4,6-8,10-11,14-19,21,23,39H2,1H3/t28-,30-,31+/m1/s1. The van der Waals surface area contributed by atoms with E-state index in [0.29, 0.717) is 30.4 Å².